The van der Waals surface area contributed by atoms with E-state index in [1.165, 1.54) is 5.56 Å². The van der Waals surface area contributed by atoms with Crippen molar-refractivity contribution in [1.82, 2.24) is 9.88 Å². The molecule has 1 N–H and O–H groups in total. The van der Waals surface area contributed by atoms with E-state index in [9.17, 15) is 4.79 Å². The highest BCUT2D eigenvalue weighted by atomic mass is 32.2. The molecule has 0 atom stereocenters. The highest BCUT2D eigenvalue weighted by Gasteiger charge is 2.08. The fraction of sp³-hybridized carbons (Fsp3) is 0.429. The number of benzene rings is 1. The Hall–Kier alpha value is -1.85. The van der Waals surface area contributed by atoms with Crippen molar-refractivity contribution < 1.29 is 4.79 Å². The first-order valence-corrected chi connectivity index (χ1v) is 10.2. The van der Waals surface area contributed by atoms with Crippen LogP contribution in [-0.2, 0) is 0 Å². The summed E-state index contributed by atoms with van der Waals surface area (Å²) in [6.45, 7) is 11.9. The topological polar surface area (TPSA) is 45.2 Å². The highest BCUT2D eigenvalue weighted by Crippen LogP contribution is 2.19. The third-order valence-corrected chi connectivity index (χ3v) is 5.31. The lowest BCUT2D eigenvalue weighted by molar-refractivity contribution is 0.102. The Kier molecular flexibility index (Phi) is 8.13. The van der Waals surface area contributed by atoms with Gasteiger partial charge in [0, 0.05) is 24.2 Å². The van der Waals surface area contributed by atoms with Gasteiger partial charge in [-0.25, -0.2) is 4.98 Å². The van der Waals surface area contributed by atoms with Gasteiger partial charge in [0.1, 0.15) is 0 Å². The molecule has 0 saturated heterocycles. The largest absolute Gasteiger partial charge is 0.322 e. The molecule has 0 saturated carbocycles. The Balaban J connectivity index is 1.87. The van der Waals surface area contributed by atoms with Crippen molar-refractivity contribution in [2.24, 2.45) is 0 Å². The monoisotopic (exact) mass is 371 g/mol. The van der Waals surface area contributed by atoms with E-state index in [1.807, 2.05) is 36.4 Å². The Morgan fingerprint density at radius 1 is 1.12 bits per heavy atom. The lowest BCUT2D eigenvalue weighted by Gasteiger charge is -2.17. The number of aromatic nitrogens is 1. The lowest BCUT2D eigenvalue weighted by Crippen LogP contribution is -2.25. The van der Waals surface area contributed by atoms with Gasteiger partial charge < -0.3 is 10.2 Å². The summed E-state index contributed by atoms with van der Waals surface area (Å²) in [5, 5.41) is 3.88. The number of carbonyl (C=O) groups excluding carboxylic acids is 1. The molecule has 26 heavy (non-hydrogen) atoms. The number of hydrogen-bond acceptors (Lipinski definition) is 4. The minimum atomic E-state index is -0.130. The zero-order valence-electron chi connectivity index (χ0n) is 16.2. The third kappa shape index (κ3) is 6.15. The van der Waals surface area contributed by atoms with Crippen molar-refractivity contribution in [1.29, 1.82) is 0 Å². The molecule has 140 valence electrons. The van der Waals surface area contributed by atoms with E-state index in [2.05, 4.69) is 42.9 Å². The Labute approximate surface area is 161 Å². The van der Waals surface area contributed by atoms with Crippen LogP contribution >= 0.6 is 11.8 Å². The molecule has 0 aliphatic heterocycles. The Bertz CT molecular complexity index is 679. The van der Waals surface area contributed by atoms with Gasteiger partial charge in [0.25, 0.3) is 5.91 Å². The second-order valence-electron chi connectivity index (χ2n) is 6.49. The standard InChI is InChI=1S/C21H29N3OS/c1-5-24(6-2)13-14-26-20-12-9-18(15-22-20)21(25)23-19-10-7-17(8-11-19)16(3)4/h7-12,15-16H,5-6,13-14H2,1-4H3,(H,23,25). The van der Waals surface area contributed by atoms with E-state index in [-0.39, 0.29) is 5.91 Å². The molecule has 4 nitrogen and oxygen atoms in total. The van der Waals surface area contributed by atoms with Crippen LogP contribution in [0.15, 0.2) is 47.6 Å². The van der Waals surface area contributed by atoms with E-state index in [0.717, 1.165) is 36.1 Å². The number of anilines is 1. The molecular formula is C21H29N3OS. The van der Waals surface area contributed by atoms with Crippen LogP contribution < -0.4 is 5.32 Å². The summed E-state index contributed by atoms with van der Waals surface area (Å²) in [6, 6.07) is 11.7. The van der Waals surface area contributed by atoms with Crippen LogP contribution in [0.25, 0.3) is 0 Å². The molecule has 0 unspecified atom stereocenters. The summed E-state index contributed by atoms with van der Waals surface area (Å²) in [4.78, 5) is 19.2. The first-order valence-electron chi connectivity index (χ1n) is 9.26. The number of hydrogen-bond donors (Lipinski definition) is 1. The van der Waals surface area contributed by atoms with E-state index in [0.29, 0.717) is 11.5 Å². The lowest BCUT2D eigenvalue weighted by atomic mass is 10.0. The first kappa shape index (κ1) is 20.5. The smallest absolute Gasteiger partial charge is 0.257 e. The zero-order chi connectivity index (χ0) is 18.9. The summed E-state index contributed by atoms with van der Waals surface area (Å²) in [5.74, 6) is 1.35. The van der Waals surface area contributed by atoms with Crippen LogP contribution in [-0.4, -0.2) is 41.2 Å². The molecule has 1 aromatic heterocycles. The maximum atomic E-state index is 12.4. The molecule has 0 aliphatic rings. The van der Waals surface area contributed by atoms with Gasteiger partial charge in [-0.1, -0.05) is 39.8 Å². The van der Waals surface area contributed by atoms with E-state index >= 15 is 0 Å². The molecule has 2 aromatic rings. The Morgan fingerprint density at radius 2 is 1.81 bits per heavy atom. The van der Waals surface area contributed by atoms with Crippen LogP contribution in [0.3, 0.4) is 0 Å². The second kappa shape index (κ2) is 10.3. The predicted molar refractivity (Wildman–Crippen MR) is 111 cm³/mol. The van der Waals surface area contributed by atoms with Gasteiger partial charge in [0.2, 0.25) is 0 Å². The average Bonchev–Trinajstić information content (AvgIpc) is 2.66. The molecule has 1 heterocycles. The second-order valence-corrected chi connectivity index (χ2v) is 7.61. The number of amides is 1. The van der Waals surface area contributed by atoms with Gasteiger partial charge in [-0.15, -0.1) is 11.8 Å². The number of nitrogens with zero attached hydrogens (tertiary/aromatic N) is 2. The van der Waals surface area contributed by atoms with E-state index < -0.39 is 0 Å². The molecule has 0 radical (unpaired) electrons. The molecule has 0 aliphatic carbocycles. The average molecular weight is 372 g/mol. The van der Waals surface area contributed by atoms with Crippen LogP contribution in [0, 0.1) is 0 Å². The van der Waals surface area contributed by atoms with Crippen molar-refractivity contribution >= 4 is 23.4 Å². The van der Waals surface area contributed by atoms with Gasteiger partial charge in [-0.2, -0.15) is 0 Å². The molecule has 5 heteroatoms. The summed E-state index contributed by atoms with van der Waals surface area (Å²) < 4.78 is 0. The fourth-order valence-corrected chi connectivity index (χ4v) is 3.42. The summed E-state index contributed by atoms with van der Waals surface area (Å²) in [5.41, 5.74) is 2.64. The minimum Gasteiger partial charge on any atom is -0.322 e. The number of nitrogens with one attached hydrogen (secondary N) is 1. The fourth-order valence-electron chi connectivity index (χ4n) is 2.57. The van der Waals surface area contributed by atoms with Gasteiger partial charge in [0.05, 0.1) is 10.6 Å². The number of pyridine rings is 1. The van der Waals surface area contributed by atoms with Gasteiger partial charge in [-0.3, -0.25) is 4.79 Å². The maximum absolute atomic E-state index is 12.4. The minimum absolute atomic E-state index is 0.130. The van der Waals surface area contributed by atoms with E-state index in [1.54, 1.807) is 18.0 Å². The van der Waals surface area contributed by atoms with E-state index in [4.69, 9.17) is 0 Å². The quantitative estimate of drug-likeness (QED) is 0.637. The van der Waals surface area contributed by atoms with Crippen molar-refractivity contribution in [2.45, 2.75) is 38.6 Å². The SMILES string of the molecule is CCN(CC)CCSc1ccc(C(=O)Nc2ccc(C(C)C)cc2)cn1. The predicted octanol–water partition coefficient (Wildman–Crippen LogP) is 4.89. The third-order valence-electron chi connectivity index (χ3n) is 4.39. The molecule has 2 rings (SSSR count). The highest BCUT2D eigenvalue weighted by molar-refractivity contribution is 7.99. The van der Waals surface area contributed by atoms with Crippen molar-refractivity contribution in [3.8, 4) is 0 Å². The molecule has 0 spiro atoms. The summed E-state index contributed by atoms with van der Waals surface area (Å²) >= 11 is 1.72. The normalized spacial score (nSPS) is 11.2. The molecule has 0 bridgehead atoms. The zero-order valence-corrected chi connectivity index (χ0v) is 17.0. The molecule has 0 fully saturated rings. The number of carbonyl (C=O) groups is 1. The van der Waals surface area contributed by atoms with Gasteiger partial charge in [-0.05, 0) is 48.8 Å². The van der Waals surface area contributed by atoms with Crippen LogP contribution in [0.2, 0.25) is 0 Å². The van der Waals surface area contributed by atoms with Crippen molar-refractivity contribution in [2.75, 3.05) is 30.7 Å². The Morgan fingerprint density at radius 3 is 2.35 bits per heavy atom. The van der Waals surface area contributed by atoms with Crippen LogP contribution in [0.4, 0.5) is 5.69 Å². The van der Waals surface area contributed by atoms with Crippen molar-refractivity contribution in [3.05, 3.63) is 53.7 Å². The maximum Gasteiger partial charge on any atom is 0.257 e. The van der Waals surface area contributed by atoms with Gasteiger partial charge in [0.15, 0.2) is 0 Å². The number of rotatable bonds is 9. The molecule has 1 aromatic carbocycles. The molecule has 1 amide bonds. The van der Waals surface area contributed by atoms with Gasteiger partial charge >= 0.3 is 0 Å². The summed E-state index contributed by atoms with van der Waals surface area (Å²) in [6.07, 6.45) is 1.65. The first-order chi connectivity index (χ1) is 12.5. The number of thioether (sulfide) groups is 1. The molecular weight excluding hydrogens is 342 g/mol. The van der Waals surface area contributed by atoms with Crippen LogP contribution in [0.1, 0.15) is 49.5 Å². The van der Waals surface area contributed by atoms with Crippen molar-refractivity contribution in [3.63, 3.8) is 0 Å². The van der Waals surface area contributed by atoms with Crippen LogP contribution in [0.5, 0.6) is 0 Å². The summed E-state index contributed by atoms with van der Waals surface area (Å²) in [7, 11) is 0.